The summed E-state index contributed by atoms with van der Waals surface area (Å²) in [6.45, 7) is 14.9. The van der Waals surface area contributed by atoms with Crippen LogP contribution in [0.3, 0.4) is 0 Å². The Morgan fingerprint density at radius 2 is 0.816 bits per heavy atom. The molecule has 0 bridgehead atoms. The van der Waals surface area contributed by atoms with Gasteiger partial charge < -0.3 is 68.9 Å². The van der Waals surface area contributed by atoms with E-state index in [0.29, 0.717) is 65.7 Å². The summed E-state index contributed by atoms with van der Waals surface area (Å²) in [6, 6.07) is 0. The molecule has 0 aliphatic carbocycles. The van der Waals surface area contributed by atoms with Crippen LogP contribution in [0, 0.1) is 0 Å². The Morgan fingerprint density at radius 1 is 0.469 bits per heavy atom. The molecule has 0 heterocycles. The maximum Gasteiger partial charge on any atom is 0.0900 e. The van der Waals surface area contributed by atoms with Crippen LogP contribution in [-0.2, 0) is 28.4 Å². The molecular formula is C34H73N3O12. The first-order chi connectivity index (χ1) is 23.3. The highest BCUT2D eigenvalue weighted by Gasteiger charge is 2.19. The first kappa shape index (κ1) is 48.4. The Hall–Kier alpha value is -0.600. The van der Waals surface area contributed by atoms with E-state index in [2.05, 4.69) is 6.92 Å². The minimum absolute atomic E-state index is 0.0395. The van der Waals surface area contributed by atoms with Crippen LogP contribution >= 0.6 is 0 Å². The lowest BCUT2D eigenvalue weighted by Crippen LogP contribution is -2.42. The van der Waals surface area contributed by atoms with Gasteiger partial charge in [0, 0.05) is 39.3 Å². The topological polar surface area (TPSA) is 186 Å². The molecule has 0 saturated carbocycles. The predicted molar refractivity (Wildman–Crippen MR) is 188 cm³/mol. The fraction of sp³-hybridized carbons (Fsp3) is 1.00. The van der Waals surface area contributed by atoms with Gasteiger partial charge in [-0.2, -0.15) is 0 Å². The summed E-state index contributed by atoms with van der Waals surface area (Å²) in [5.41, 5.74) is 0. The highest BCUT2D eigenvalue weighted by molar-refractivity contribution is 4.70. The number of aliphatic hydroxyl groups excluding tert-OH is 6. The maximum absolute atomic E-state index is 10.7. The summed E-state index contributed by atoms with van der Waals surface area (Å²) >= 11 is 0. The molecule has 0 rings (SSSR count). The number of rotatable bonds is 35. The molecule has 0 aliphatic rings. The average Bonchev–Trinajstić information content (AvgIpc) is 3.03. The van der Waals surface area contributed by atoms with Gasteiger partial charge in [0.05, 0.1) is 115 Å². The van der Waals surface area contributed by atoms with Gasteiger partial charge in [0.2, 0.25) is 0 Å². The molecule has 0 fully saturated rings. The second-order valence-corrected chi connectivity index (χ2v) is 13.4. The monoisotopic (exact) mass is 716 g/mol. The van der Waals surface area contributed by atoms with Crippen molar-refractivity contribution in [1.29, 1.82) is 0 Å². The third-order valence-electron chi connectivity index (χ3n) is 7.48. The number of hydrogen-bond acceptors (Lipinski definition) is 15. The smallest absolute Gasteiger partial charge is 0.0900 e. The average molecular weight is 716 g/mol. The van der Waals surface area contributed by atoms with Gasteiger partial charge in [-0.3, -0.25) is 4.90 Å². The Morgan fingerprint density at radius 3 is 1.22 bits per heavy atom. The number of nitrogens with zero attached hydrogens (tertiary/aromatic N) is 3. The molecule has 0 spiro atoms. The number of hydrogen-bond donors (Lipinski definition) is 6. The Bertz CT molecular complexity index is 734. The van der Waals surface area contributed by atoms with Gasteiger partial charge in [-0.1, -0.05) is 13.3 Å². The molecule has 0 aromatic rings. The van der Waals surface area contributed by atoms with Gasteiger partial charge >= 0.3 is 0 Å². The van der Waals surface area contributed by atoms with E-state index < -0.39 is 24.4 Å². The predicted octanol–water partition coefficient (Wildman–Crippen LogP) is -0.966. The summed E-state index contributed by atoms with van der Waals surface area (Å²) in [5, 5.41) is 59.3. The fourth-order valence-electron chi connectivity index (χ4n) is 4.77. The maximum atomic E-state index is 10.7. The zero-order valence-electron chi connectivity index (χ0n) is 31.5. The van der Waals surface area contributed by atoms with E-state index in [1.54, 1.807) is 0 Å². The molecule has 49 heavy (non-hydrogen) atoms. The van der Waals surface area contributed by atoms with Crippen molar-refractivity contribution in [2.75, 3.05) is 126 Å². The first-order valence-corrected chi connectivity index (χ1v) is 17.9. The largest absolute Gasteiger partial charge is 0.395 e. The third kappa shape index (κ3) is 29.7. The molecule has 0 aromatic carbocycles. The van der Waals surface area contributed by atoms with E-state index in [1.807, 2.05) is 56.5 Å². The van der Waals surface area contributed by atoms with Crippen LogP contribution in [0.25, 0.3) is 0 Å². The molecule has 6 N–H and O–H groups in total. The van der Waals surface area contributed by atoms with Crippen molar-refractivity contribution in [2.45, 2.75) is 96.3 Å². The van der Waals surface area contributed by atoms with Crippen LogP contribution in [-0.4, -0.2) is 220 Å². The minimum Gasteiger partial charge on any atom is -0.395 e. The van der Waals surface area contributed by atoms with Crippen molar-refractivity contribution in [3.05, 3.63) is 0 Å². The lowest BCUT2D eigenvalue weighted by molar-refractivity contribution is -0.0854. The van der Waals surface area contributed by atoms with Crippen LogP contribution < -0.4 is 0 Å². The van der Waals surface area contributed by atoms with Crippen LogP contribution in [0.5, 0.6) is 0 Å². The Kier molecular flexibility index (Phi) is 30.6. The molecule has 296 valence electrons. The molecule has 0 radical (unpaired) electrons. The quantitative estimate of drug-likeness (QED) is 0.0471. The van der Waals surface area contributed by atoms with E-state index in [9.17, 15) is 20.4 Å². The number of likely N-dealkylation sites (N-methyl/N-ethyl adjacent to an activating group) is 2. The van der Waals surface area contributed by atoms with E-state index in [4.69, 9.17) is 38.6 Å². The van der Waals surface area contributed by atoms with Crippen molar-refractivity contribution in [3.63, 3.8) is 0 Å². The van der Waals surface area contributed by atoms with Gasteiger partial charge in [0.25, 0.3) is 0 Å². The molecule has 8 atom stereocenters. The number of ether oxygens (including phenoxy) is 6. The second kappa shape index (κ2) is 31.0. The van der Waals surface area contributed by atoms with Gasteiger partial charge in [0.15, 0.2) is 0 Å². The molecule has 15 heteroatoms. The van der Waals surface area contributed by atoms with Gasteiger partial charge in [-0.25, -0.2) is 0 Å². The molecule has 0 aromatic heterocycles. The molecule has 0 aliphatic heterocycles. The second-order valence-electron chi connectivity index (χ2n) is 13.4. The van der Waals surface area contributed by atoms with Crippen LogP contribution in [0.2, 0.25) is 0 Å². The number of aliphatic hydroxyl groups is 6. The SMILES string of the molecule is CCCCN(CC(O)COCC(C)OCC(C)OCC(O)CN(C)CCO)CC(O)COC(C)COC(C)COCC(O)CN(C)CCO. The van der Waals surface area contributed by atoms with Gasteiger partial charge in [-0.15, -0.1) is 0 Å². The molecule has 8 unspecified atom stereocenters. The van der Waals surface area contributed by atoms with E-state index in [1.165, 1.54) is 0 Å². The standard InChI is InChI=1S/C34H73N3O12/c1-8-9-10-37(17-33(42)24-45-20-28(3)46-21-29(4)48-25-32(41)16-36(7)12-14-39)18-34(43)26-49-30(5)22-47-27(2)19-44-23-31(40)15-35(6)11-13-38/h27-34,38-43H,8-26H2,1-7H3. The highest BCUT2D eigenvalue weighted by Crippen LogP contribution is 2.05. The summed E-state index contributed by atoms with van der Waals surface area (Å²) in [5.74, 6) is 0. The van der Waals surface area contributed by atoms with Crippen molar-refractivity contribution >= 4 is 0 Å². The molecular weight excluding hydrogens is 642 g/mol. The van der Waals surface area contributed by atoms with E-state index in [-0.39, 0.29) is 64.1 Å². The molecule has 0 amide bonds. The number of unbranched alkanes of at least 4 members (excludes halogenated alkanes) is 1. The van der Waals surface area contributed by atoms with Crippen molar-refractivity contribution in [3.8, 4) is 0 Å². The molecule has 0 saturated heterocycles. The molecule has 15 nitrogen and oxygen atoms in total. The van der Waals surface area contributed by atoms with Crippen LogP contribution in [0.15, 0.2) is 0 Å². The first-order valence-electron chi connectivity index (χ1n) is 17.9. The van der Waals surface area contributed by atoms with Gasteiger partial charge in [0.1, 0.15) is 0 Å². The highest BCUT2D eigenvalue weighted by atomic mass is 16.6. The van der Waals surface area contributed by atoms with E-state index in [0.717, 1.165) is 19.4 Å². The normalized spacial score (nSPS) is 17.4. The third-order valence-corrected chi connectivity index (χ3v) is 7.48. The minimum atomic E-state index is -0.737. The zero-order valence-corrected chi connectivity index (χ0v) is 31.5. The van der Waals surface area contributed by atoms with Crippen LogP contribution in [0.1, 0.15) is 47.5 Å². The van der Waals surface area contributed by atoms with E-state index >= 15 is 0 Å². The van der Waals surface area contributed by atoms with Gasteiger partial charge in [-0.05, 0) is 54.8 Å². The lowest BCUT2D eigenvalue weighted by Gasteiger charge is -2.28. The lowest BCUT2D eigenvalue weighted by atomic mass is 10.2. The van der Waals surface area contributed by atoms with Crippen LogP contribution in [0.4, 0.5) is 0 Å². The summed E-state index contributed by atoms with van der Waals surface area (Å²) in [7, 11) is 3.65. The zero-order chi connectivity index (χ0) is 37.0. The fourth-order valence-corrected chi connectivity index (χ4v) is 4.77. The Balaban J connectivity index is 4.27. The summed E-state index contributed by atoms with van der Waals surface area (Å²) < 4.78 is 34.3. The van der Waals surface area contributed by atoms with Crippen molar-refractivity contribution in [1.82, 2.24) is 14.7 Å². The Labute approximate surface area is 296 Å². The van der Waals surface area contributed by atoms with Crippen molar-refractivity contribution < 1.29 is 59.1 Å². The summed E-state index contributed by atoms with van der Waals surface area (Å²) in [4.78, 5) is 5.69. The summed E-state index contributed by atoms with van der Waals surface area (Å²) in [6.07, 6.45) is -1.71. The van der Waals surface area contributed by atoms with Crippen molar-refractivity contribution in [2.24, 2.45) is 0 Å².